The van der Waals surface area contributed by atoms with E-state index in [-0.39, 0.29) is 22.2 Å². The molecule has 110 valence electrons. The minimum atomic E-state index is -0.758. The third-order valence-electron chi connectivity index (χ3n) is 2.81. The molecule has 0 unspecified atom stereocenters. The maximum Gasteiger partial charge on any atom is 0.341 e. The van der Waals surface area contributed by atoms with Gasteiger partial charge in [0.15, 0.2) is 5.58 Å². The van der Waals surface area contributed by atoms with Gasteiger partial charge in [0, 0.05) is 13.0 Å². The highest BCUT2D eigenvalue weighted by atomic mass is 16.6. The molecule has 0 fully saturated rings. The van der Waals surface area contributed by atoms with Gasteiger partial charge in [0.2, 0.25) is 5.91 Å². The second kappa shape index (κ2) is 5.23. The highest BCUT2D eigenvalue weighted by Gasteiger charge is 2.26. The highest BCUT2D eigenvalue weighted by Crippen LogP contribution is 2.37. The van der Waals surface area contributed by atoms with E-state index in [0.29, 0.717) is 5.76 Å². The Morgan fingerprint density at radius 3 is 2.57 bits per heavy atom. The molecule has 1 N–H and O–H groups in total. The van der Waals surface area contributed by atoms with Crippen LogP contribution in [-0.2, 0) is 9.53 Å². The number of anilines is 1. The van der Waals surface area contributed by atoms with Crippen LogP contribution in [0.15, 0.2) is 16.5 Å². The lowest BCUT2D eigenvalue weighted by Crippen LogP contribution is -2.10. The largest absolute Gasteiger partial charge is 0.465 e. The second-order valence-corrected chi connectivity index (χ2v) is 4.35. The van der Waals surface area contributed by atoms with Gasteiger partial charge in [-0.05, 0) is 13.0 Å². The standard InChI is InChI=1S/C13H12N2O6/c1-6-4-8-11(14-7(2)16)10(15(18)19)5-9(12(8)21-6)13(17)20-3/h4-5H,1-3H3,(H,14,16). The second-order valence-electron chi connectivity index (χ2n) is 4.35. The zero-order valence-electron chi connectivity index (χ0n) is 11.6. The van der Waals surface area contributed by atoms with Crippen LogP contribution in [0.5, 0.6) is 0 Å². The molecule has 8 nitrogen and oxygen atoms in total. The number of ether oxygens (including phenoxy) is 1. The van der Waals surface area contributed by atoms with E-state index < -0.39 is 22.5 Å². The minimum Gasteiger partial charge on any atom is -0.465 e. The van der Waals surface area contributed by atoms with Crippen molar-refractivity contribution in [2.45, 2.75) is 13.8 Å². The van der Waals surface area contributed by atoms with Crippen LogP contribution in [0.25, 0.3) is 11.0 Å². The Balaban J connectivity index is 2.87. The Labute approximate surface area is 118 Å². The summed E-state index contributed by atoms with van der Waals surface area (Å²) in [7, 11) is 1.16. The summed E-state index contributed by atoms with van der Waals surface area (Å²) in [5, 5.41) is 13.9. The van der Waals surface area contributed by atoms with Gasteiger partial charge in [0.1, 0.15) is 17.0 Å². The molecule has 21 heavy (non-hydrogen) atoms. The summed E-state index contributed by atoms with van der Waals surface area (Å²) in [4.78, 5) is 33.5. The number of nitrogens with one attached hydrogen (secondary N) is 1. The Morgan fingerprint density at radius 2 is 2.05 bits per heavy atom. The van der Waals surface area contributed by atoms with Crippen LogP contribution in [0.3, 0.4) is 0 Å². The van der Waals surface area contributed by atoms with Crippen LogP contribution in [0, 0.1) is 17.0 Å². The lowest BCUT2D eigenvalue weighted by molar-refractivity contribution is -0.383. The zero-order chi connectivity index (χ0) is 15.7. The van der Waals surface area contributed by atoms with Crippen molar-refractivity contribution in [2.24, 2.45) is 0 Å². The number of esters is 1. The van der Waals surface area contributed by atoms with E-state index in [2.05, 4.69) is 10.1 Å². The van der Waals surface area contributed by atoms with Gasteiger partial charge in [-0.3, -0.25) is 14.9 Å². The number of furan rings is 1. The Morgan fingerprint density at radius 1 is 1.38 bits per heavy atom. The minimum absolute atomic E-state index is 0.00740. The molecule has 0 spiro atoms. The number of amides is 1. The van der Waals surface area contributed by atoms with Crippen molar-refractivity contribution in [3.05, 3.63) is 33.6 Å². The van der Waals surface area contributed by atoms with E-state index in [1.54, 1.807) is 6.92 Å². The Bertz CT molecular complexity index is 762. The molecule has 2 rings (SSSR count). The van der Waals surface area contributed by atoms with Crippen LogP contribution in [0.1, 0.15) is 23.0 Å². The molecule has 1 aromatic carbocycles. The summed E-state index contributed by atoms with van der Waals surface area (Å²) in [6.45, 7) is 2.86. The average Bonchev–Trinajstić information content (AvgIpc) is 2.78. The van der Waals surface area contributed by atoms with E-state index in [4.69, 9.17) is 4.42 Å². The van der Waals surface area contributed by atoms with Gasteiger partial charge in [-0.25, -0.2) is 4.79 Å². The van der Waals surface area contributed by atoms with E-state index in [0.717, 1.165) is 13.2 Å². The first-order valence-electron chi connectivity index (χ1n) is 5.92. The fourth-order valence-corrected chi connectivity index (χ4v) is 2.03. The predicted molar refractivity (Wildman–Crippen MR) is 73.2 cm³/mol. The van der Waals surface area contributed by atoms with E-state index >= 15 is 0 Å². The predicted octanol–water partition coefficient (Wildman–Crippen LogP) is 2.39. The number of aryl methyl sites for hydroxylation is 1. The molecule has 1 aromatic heterocycles. The Hall–Kier alpha value is -2.90. The summed E-state index contributed by atoms with van der Waals surface area (Å²) >= 11 is 0. The molecule has 8 heteroatoms. The van der Waals surface area contributed by atoms with Crippen molar-refractivity contribution in [1.82, 2.24) is 0 Å². The molecule has 1 heterocycles. The molecule has 0 aliphatic carbocycles. The highest BCUT2D eigenvalue weighted by molar-refractivity contribution is 6.11. The van der Waals surface area contributed by atoms with Crippen LogP contribution in [0.2, 0.25) is 0 Å². The van der Waals surface area contributed by atoms with Crippen LogP contribution >= 0.6 is 0 Å². The molecule has 2 aromatic rings. The van der Waals surface area contributed by atoms with Crippen molar-refractivity contribution in [3.63, 3.8) is 0 Å². The first kappa shape index (κ1) is 14.5. The Kier molecular flexibility index (Phi) is 3.62. The summed E-state index contributed by atoms with van der Waals surface area (Å²) in [5.41, 5.74) is -0.346. The van der Waals surface area contributed by atoms with Crippen molar-refractivity contribution >= 4 is 34.2 Å². The van der Waals surface area contributed by atoms with Crippen molar-refractivity contribution < 1.29 is 23.7 Å². The molecule has 0 aliphatic rings. The van der Waals surface area contributed by atoms with Crippen LogP contribution in [0.4, 0.5) is 11.4 Å². The third-order valence-corrected chi connectivity index (χ3v) is 2.81. The van der Waals surface area contributed by atoms with E-state index in [9.17, 15) is 19.7 Å². The van der Waals surface area contributed by atoms with Gasteiger partial charge in [-0.1, -0.05) is 0 Å². The number of nitro groups is 1. The fraction of sp³-hybridized carbons (Fsp3) is 0.231. The van der Waals surface area contributed by atoms with Crippen molar-refractivity contribution in [2.75, 3.05) is 12.4 Å². The number of nitro benzene ring substituents is 1. The molecule has 0 saturated carbocycles. The molecular formula is C13H12N2O6. The number of carbonyl (C=O) groups is 2. The first-order valence-corrected chi connectivity index (χ1v) is 5.92. The van der Waals surface area contributed by atoms with E-state index in [1.165, 1.54) is 13.0 Å². The molecular weight excluding hydrogens is 280 g/mol. The van der Waals surface area contributed by atoms with Gasteiger partial charge in [-0.15, -0.1) is 0 Å². The molecule has 0 atom stereocenters. The maximum absolute atomic E-state index is 11.8. The summed E-state index contributed by atoms with van der Waals surface area (Å²) < 4.78 is 10.0. The topological polar surface area (TPSA) is 112 Å². The molecule has 0 bridgehead atoms. The van der Waals surface area contributed by atoms with Gasteiger partial charge >= 0.3 is 5.97 Å². The number of hydrogen-bond donors (Lipinski definition) is 1. The molecule has 0 radical (unpaired) electrons. The normalized spacial score (nSPS) is 10.4. The van der Waals surface area contributed by atoms with Gasteiger partial charge in [-0.2, -0.15) is 0 Å². The number of methoxy groups -OCH3 is 1. The number of nitrogens with zero attached hydrogens (tertiary/aromatic N) is 1. The first-order chi connectivity index (χ1) is 9.85. The SMILES string of the molecule is COC(=O)c1cc([N+](=O)[O-])c(NC(C)=O)c2cc(C)oc12. The fourth-order valence-electron chi connectivity index (χ4n) is 2.03. The summed E-state index contributed by atoms with van der Waals surface area (Å²) in [6.07, 6.45) is 0. The summed E-state index contributed by atoms with van der Waals surface area (Å²) in [6, 6.07) is 2.54. The van der Waals surface area contributed by atoms with E-state index in [1.807, 2.05) is 0 Å². The molecule has 1 amide bonds. The van der Waals surface area contributed by atoms with Crippen molar-refractivity contribution in [3.8, 4) is 0 Å². The number of carbonyl (C=O) groups excluding carboxylic acids is 2. The number of rotatable bonds is 3. The maximum atomic E-state index is 11.8. The number of fused-ring (bicyclic) bond motifs is 1. The van der Waals surface area contributed by atoms with Crippen LogP contribution in [-0.4, -0.2) is 23.9 Å². The molecule has 0 aliphatic heterocycles. The lowest BCUT2D eigenvalue weighted by atomic mass is 10.1. The van der Waals surface area contributed by atoms with Gasteiger partial charge in [0.05, 0.1) is 17.4 Å². The zero-order valence-corrected chi connectivity index (χ0v) is 11.6. The quantitative estimate of drug-likeness (QED) is 0.528. The van der Waals surface area contributed by atoms with Gasteiger partial charge < -0.3 is 14.5 Å². The monoisotopic (exact) mass is 292 g/mol. The van der Waals surface area contributed by atoms with Crippen LogP contribution < -0.4 is 5.32 Å². The third kappa shape index (κ3) is 2.55. The van der Waals surface area contributed by atoms with Gasteiger partial charge in [0.25, 0.3) is 5.69 Å². The lowest BCUT2D eigenvalue weighted by Gasteiger charge is -2.07. The molecule has 0 saturated heterocycles. The smallest absolute Gasteiger partial charge is 0.341 e. The van der Waals surface area contributed by atoms with Crippen molar-refractivity contribution in [1.29, 1.82) is 0 Å². The number of hydrogen-bond acceptors (Lipinski definition) is 6. The average molecular weight is 292 g/mol. The number of benzene rings is 1. The summed E-state index contributed by atoms with van der Waals surface area (Å²) in [5.74, 6) is -0.779.